The summed E-state index contributed by atoms with van der Waals surface area (Å²) in [6, 6.07) is 7.51. The van der Waals surface area contributed by atoms with Crippen LogP contribution < -0.4 is 0 Å². The fraction of sp³-hybridized carbons (Fsp3) is 0.417. The van der Waals surface area contributed by atoms with Gasteiger partial charge in [0.25, 0.3) is 0 Å². The van der Waals surface area contributed by atoms with Gasteiger partial charge >= 0.3 is 0 Å². The van der Waals surface area contributed by atoms with Crippen molar-refractivity contribution in [3.8, 4) is 0 Å². The predicted octanol–water partition coefficient (Wildman–Crippen LogP) is 3.20. The summed E-state index contributed by atoms with van der Waals surface area (Å²) in [5.41, 5.74) is 0.764. The van der Waals surface area contributed by atoms with Gasteiger partial charge in [-0.3, -0.25) is 4.79 Å². The summed E-state index contributed by atoms with van der Waals surface area (Å²) in [6.07, 6.45) is 2.74. The Morgan fingerprint density at radius 1 is 1.53 bits per heavy atom. The average molecular weight is 269 g/mol. The summed E-state index contributed by atoms with van der Waals surface area (Å²) >= 11 is 3.36. The highest BCUT2D eigenvalue weighted by Crippen LogP contribution is 2.19. The molecule has 80 valence electrons. The first-order valence-electron chi connectivity index (χ1n) is 5.16. The van der Waals surface area contributed by atoms with Gasteiger partial charge in [-0.25, -0.2) is 0 Å². The van der Waals surface area contributed by atoms with Crippen LogP contribution in [0.2, 0.25) is 0 Å². The van der Waals surface area contributed by atoms with Crippen molar-refractivity contribution in [2.45, 2.75) is 25.4 Å². The molecule has 0 N–H and O–H groups in total. The minimum atomic E-state index is 0.136. The van der Waals surface area contributed by atoms with Crippen LogP contribution in [0, 0.1) is 0 Å². The molecule has 0 aromatic heterocycles. The van der Waals surface area contributed by atoms with Crippen LogP contribution in [0.3, 0.4) is 0 Å². The summed E-state index contributed by atoms with van der Waals surface area (Å²) in [5.74, 6) is 0.170. The monoisotopic (exact) mass is 268 g/mol. The van der Waals surface area contributed by atoms with Gasteiger partial charge in [-0.15, -0.1) is 0 Å². The van der Waals surface area contributed by atoms with Crippen molar-refractivity contribution < 1.29 is 9.53 Å². The molecule has 1 aliphatic heterocycles. The number of ether oxygens (including phenoxy) is 1. The number of rotatable bonds is 3. The molecule has 0 aliphatic carbocycles. The van der Waals surface area contributed by atoms with Gasteiger partial charge in [-0.05, 0) is 25.0 Å². The first-order valence-corrected chi connectivity index (χ1v) is 5.95. The smallest absolute Gasteiger partial charge is 0.165 e. The molecular formula is C12H13BrO2. The van der Waals surface area contributed by atoms with Gasteiger partial charge < -0.3 is 4.74 Å². The zero-order valence-corrected chi connectivity index (χ0v) is 10.00. The lowest BCUT2D eigenvalue weighted by Gasteiger charge is -2.08. The van der Waals surface area contributed by atoms with E-state index in [1.54, 1.807) is 0 Å². The molecule has 2 rings (SSSR count). The van der Waals surface area contributed by atoms with E-state index in [0.29, 0.717) is 6.42 Å². The second-order valence-corrected chi connectivity index (χ2v) is 4.69. The number of hydrogen-bond acceptors (Lipinski definition) is 2. The largest absolute Gasteiger partial charge is 0.378 e. The van der Waals surface area contributed by atoms with Gasteiger partial charge in [0.15, 0.2) is 5.78 Å². The maximum Gasteiger partial charge on any atom is 0.165 e. The minimum absolute atomic E-state index is 0.136. The summed E-state index contributed by atoms with van der Waals surface area (Å²) < 4.78 is 6.39. The van der Waals surface area contributed by atoms with Crippen LogP contribution in [0.1, 0.15) is 29.6 Å². The quantitative estimate of drug-likeness (QED) is 0.787. The van der Waals surface area contributed by atoms with Gasteiger partial charge in [0.05, 0.1) is 6.10 Å². The van der Waals surface area contributed by atoms with E-state index in [1.807, 2.05) is 24.3 Å². The fourth-order valence-corrected chi connectivity index (χ4v) is 2.19. The summed E-state index contributed by atoms with van der Waals surface area (Å²) in [6.45, 7) is 0.802. The second kappa shape index (κ2) is 4.90. The fourth-order valence-electron chi connectivity index (χ4n) is 1.79. The van der Waals surface area contributed by atoms with Gasteiger partial charge in [0.2, 0.25) is 0 Å². The Kier molecular flexibility index (Phi) is 3.54. The molecular weight excluding hydrogens is 256 g/mol. The molecule has 1 saturated heterocycles. The molecule has 1 aliphatic rings. The minimum Gasteiger partial charge on any atom is -0.378 e. The van der Waals surface area contributed by atoms with Crippen molar-refractivity contribution in [1.29, 1.82) is 0 Å². The van der Waals surface area contributed by atoms with E-state index in [-0.39, 0.29) is 11.9 Å². The lowest BCUT2D eigenvalue weighted by Crippen LogP contribution is -2.12. The maximum atomic E-state index is 11.9. The van der Waals surface area contributed by atoms with Crippen LogP contribution in [0.15, 0.2) is 28.7 Å². The molecule has 3 heteroatoms. The number of halogens is 1. The number of benzene rings is 1. The van der Waals surface area contributed by atoms with Crippen LogP contribution >= 0.6 is 15.9 Å². The zero-order chi connectivity index (χ0) is 10.7. The number of hydrogen-bond donors (Lipinski definition) is 0. The Balaban J connectivity index is 2.01. The van der Waals surface area contributed by atoms with Crippen molar-refractivity contribution in [3.63, 3.8) is 0 Å². The van der Waals surface area contributed by atoms with E-state index in [2.05, 4.69) is 15.9 Å². The highest BCUT2D eigenvalue weighted by atomic mass is 79.9. The normalized spacial score (nSPS) is 20.5. The first kappa shape index (κ1) is 10.8. The van der Waals surface area contributed by atoms with Crippen LogP contribution in [0.25, 0.3) is 0 Å². The van der Waals surface area contributed by atoms with E-state index >= 15 is 0 Å². The highest BCUT2D eigenvalue weighted by Gasteiger charge is 2.19. The third-order valence-electron chi connectivity index (χ3n) is 2.58. The molecule has 2 nitrogen and oxygen atoms in total. The molecule has 0 saturated carbocycles. The lowest BCUT2D eigenvalue weighted by atomic mass is 10.0. The molecule has 1 fully saturated rings. The molecule has 0 amide bonds. The Bertz CT molecular complexity index is 356. The average Bonchev–Trinajstić information content (AvgIpc) is 2.70. The van der Waals surface area contributed by atoms with Crippen LogP contribution in [0.5, 0.6) is 0 Å². The molecule has 1 atom stereocenters. The second-order valence-electron chi connectivity index (χ2n) is 3.77. The highest BCUT2D eigenvalue weighted by molar-refractivity contribution is 9.10. The maximum absolute atomic E-state index is 11.9. The van der Waals surface area contributed by atoms with E-state index in [0.717, 1.165) is 29.5 Å². The van der Waals surface area contributed by atoms with Gasteiger partial charge in [-0.1, -0.05) is 28.1 Å². The van der Waals surface area contributed by atoms with Gasteiger partial charge in [0.1, 0.15) is 0 Å². The van der Waals surface area contributed by atoms with Crippen molar-refractivity contribution in [1.82, 2.24) is 0 Å². The van der Waals surface area contributed by atoms with E-state index in [4.69, 9.17) is 4.74 Å². The number of carbonyl (C=O) groups excluding carboxylic acids is 1. The predicted molar refractivity (Wildman–Crippen MR) is 62.1 cm³/mol. The summed E-state index contributed by atoms with van der Waals surface area (Å²) in [5, 5.41) is 0. The Morgan fingerprint density at radius 2 is 2.40 bits per heavy atom. The number of Topliss-reactive ketones (excluding diaryl/α,β-unsaturated/α-hetero) is 1. The Hall–Kier alpha value is -0.670. The van der Waals surface area contributed by atoms with E-state index < -0.39 is 0 Å². The summed E-state index contributed by atoms with van der Waals surface area (Å²) in [4.78, 5) is 11.9. The number of carbonyl (C=O) groups is 1. The zero-order valence-electron chi connectivity index (χ0n) is 8.41. The third kappa shape index (κ3) is 2.89. The SMILES string of the molecule is O=C(CC1CCCO1)c1cccc(Br)c1. The molecule has 1 aromatic carbocycles. The molecule has 1 unspecified atom stereocenters. The van der Waals surface area contributed by atoms with Gasteiger partial charge in [0, 0.05) is 23.1 Å². The molecule has 1 heterocycles. The molecule has 15 heavy (non-hydrogen) atoms. The van der Waals surface area contributed by atoms with Crippen LogP contribution in [-0.2, 0) is 4.74 Å². The van der Waals surface area contributed by atoms with Crippen molar-refractivity contribution in [3.05, 3.63) is 34.3 Å². The van der Waals surface area contributed by atoms with Crippen LogP contribution in [-0.4, -0.2) is 18.5 Å². The van der Waals surface area contributed by atoms with E-state index in [1.165, 1.54) is 0 Å². The van der Waals surface area contributed by atoms with Crippen molar-refractivity contribution in [2.75, 3.05) is 6.61 Å². The Labute approximate surface area is 97.8 Å². The van der Waals surface area contributed by atoms with Crippen molar-refractivity contribution >= 4 is 21.7 Å². The van der Waals surface area contributed by atoms with Gasteiger partial charge in [-0.2, -0.15) is 0 Å². The topological polar surface area (TPSA) is 26.3 Å². The van der Waals surface area contributed by atoms with Crippen molar-refractivity contribution in [2.24, 2.45) is 0 Å². The molecule has 1 aromatic rings. The van der Waals surface area contributed by atoms with E-state index in [9.17, 15) is 4.79 Å². The standard InChI is InChI=1S/C12H13BrO2/c13-10-4-1-3-9(7-10)12(14)8-11-5-2-6-15-11/h1,3-4,7,11H,2,5-6,8H2. The molecule has 0 radical (unpaired) electrons. The lowest BCUT2D eigenvalue weighted by molar-refractivity contribution is 0.0775. The first-order chi connectivity index (χ1) is 7.25. The molecule has 0 bridgehead atoms. The van der Waals surface area contributed by atoms with Crippen LogP contribution in [0.4, 0.5) is 0 Å². The third-order valence-corrected chi connectivity index (χ3v) is 3.08. The Morgan fingerprint density at radius 3 is 3.07 bits per heavy atom. The molecule has 0 spiro atoms. The number of ketones is 1. The summed E-state index contributed by atoms with van der Waals surface area (Å²) in [7, 11) is 0.